The van der Waals surface area contributed by atoms with Gasteiger partial charge in [-0.3, -0.25) is 4.79 Å². The molecule has 21 heavy (non-hydrogen) atoms. The molecule has 2 N–H and O–H groups in total. The first kappa shape index (κ1) is 17.1. The first-order valence-electron chi connectivity index (χ1n) is 6.30. The summed E-state index contributed by atoms with van der Waals surface area (Å²) in [6, 6.07) is 3.74. The van der Waals surface area contributed by atoms with Crippen molar-refractivity contribution < 1.29 is 33.7 Å². The van der Waals surface area contributed by atoms with Gasteiger partial charge >= 0.3 is 11.9 Å². The third-order valence-electron chi connectivity index (χ3n) is 2.80. The van der Waals surface area contributed by atoms with Crippen LogP contribution >= 0.6 is 0 Å². The van der Waals surface area contributed by atoms with E-state index >= 15 is 0 Å². The maximum Gasteiger partial charge on any atom is 0.340 e. The molecule has 116 valence electrons. The van der Waals surface area contributed by atoms with Crippen LogP contribution in [-0.2, 0) is 14.3 Å². The predicted molar refractivity (Wildman–Crippen MR) is 70.0 cm³/mol. The summed E-state index contributed by atoms with van der Waals surface area (Å²) in [7, 11) is 1.10. The number of carbonyl (C=O) groups is 2. The highest BCUT2D eigenvalue weighted by Gasteiger charge is 2.27. The number of halogens is 1. The van der Waals surface area contributed by atoms with Crippen LogP contribution in [0.5, 0.6) is 0 Å². The monoisotopic (exact) mass is 300 g/mol. The fraction of sp³-hybridized carbons (Fsp3) is 0.429. The van der Waals surface area contributed by atoms with E-state index in [2.05, 4.69) is 9.47 Å². The second-order valence-corrected chi connectivity index (χ2v) is 4.22. The van der Waals surface area contributed by atoms with Crippen LogP contribution in [0.4, 0.5) is 4.39 Å². The SMILES string of the molecule is CCOC(=O)CC(O)C(O)c1cccc(C(=O)OC)c1F. The van der Waals surface area contributed by atoms with Crippen molar-refractivity contribution in [1.29, 1.82) is 0 Å². The average molecular weight is 300 g/mol. The number of benzene rings is 1. The molecule has 6 nitrogen and oxygen atoms in total. The molecule has 1 aromatic rings. The van der Waals surface area contributed by atoms with Gasteiger partial charge in [0.25, 0.3) is 0 Å². The van der Waals surface area contributed by atoms with Crippen molar-refractivity contribution in [3.05, 3.63) is 35.1 Å². The summed E-state index contributed by atoms with van der Waals surface area (Å²) in [5, 5.41) is 19.7. The van der Waals surface area contributed by atoms with Crippen LogP contribution < -0.4 is 0 Å². The van der Waals surface area contributed by atoms with E-state index in [1.165, 1.54) is 18.2 Å². The lowest BCUT2D eigenvalue weighted by atomic mass is 9.99. The first-order valence-corrected chi connectivity index (χ1v) is 6.30. The molecule has 0 spiro atoms. The van der Waals surface area contributed by atoms with Crippen LogP contribution in [0.25, 0.3) is 0 Å². The Balaban J connectivity index is 2.94. The van der Waals surface area contributed by atoms with E-state index in [-0.39, 0.29) is 17.7 Å². The fourth-order valence-corrected chi connectivity index (χ4v) is 1.76. The average Bonchev–Trinajstić information content (AvgIpc) is 2.46. The van der Waals surface area contributed by atoms with Crippen molar-refractivity contribution in [3.8, 4) is 0 Å². The molecule has 0 aliphatic heterocycles. The van der Waals surface area contributed by atoms with E-state index in [1.54, 1.807) is 6.92 Å². The van der Waals surface area contributed by atoms with Crippen LogP contribution in [0.2, 0.25) is 0 Å². The number of hydrogen-bond donors (Lipinski definition) is 2. The number of ether oxygens (including phenoxy) is 2. The minimum absolute atomic E-state index is 0.133. The minimum Gasteiger partial charge on any atom is -0.466 e. The Labute approximate surface area is 121 Å². The molecule has 1 aromatic carbocycles. The summed E-state index contributed by atoms with van der Waals surface area (Å²) in [6.07, 6.45) is -3.71. The van der Waals surface area contributed by atoms with Crippen molar-refractivity contribution in [3.63, 3.8) is 0 Å². The Hall–Kier alpha value is -1.99. The largest absolute Gasteiger partial charge is 0.466 e. The van der Waals surface area contributed by atoms with Gasteiger partial charge in [0.05, 0.1) is 31.8 Å². The highest BCUT2D eigenvalue weighted by molar-refractivity contribution is 5.89. The Morgan fingerprint density at radius 2 is 2.00 bits per heavy atom. The van der Waals surface area contributed by atoms with Gasteiger partial charge in [0.2, 0.25) is 0 Å². The summed E-state index contributed by atoms with van der Waals surface area (Å²) in [5.41, 5.74) is -0.660. The molecule has 2 atom stereocenters. The smallest absolute Gasteiger partial charge is 0.340 e. The number of aliphatic hydroxyl groups is 2. The number of hydrogen-bond acceptors (Lipinski definition) is 6. The normalized spacial score (nSPS) is 13.4. The van der Waals surface area contributed by atoms with Gasteiger partial charge < -0.3 is 19.7 Å². The summed E-state index contributed by atoms with van der Waals surface area (Å²) < 4.78 is 23.2. The maximum absolute atomic E-state index is 14.1. The fourth-order valence-electron chi connectivity index (χ4n) is 1.76. The summed E-state index contributed by atoms with van der Waals surface area (Å²) >= 11 is 0. The first-order chi connectivity index (χ1) is 9.92. The van der Waals surface area contributed by atoms with Crippen LogP contribution in [0, 0.1) is 5.82 Å². The molecule has 0 amide bonds. The molecule has 0 fully saturated rings. The van der Waals surface area contributed by atoms with Crippen molar-refractivity contribution in [2.24, 2.45) is 0 Å². The highest BCUT2D eigenvalue weighted by atomic mass is 19.1. The van der Waals surface area contributed by atoms with Gasteiger partial charge in [-0.2, -0.15) is 0 Å². The zero-order valence-electron chi connectivity index (χ0n) is 11.7. The van der Waals surface area contributed by atoms with Crippen molar-refractivity contribution >= 4 is 11.9 Å². The van der Waals surface area contributed by atoms with Crippen LogP contribution in [0.15, 0.2) is 18.2 Å². The molecule has 1 rings (SSSR count). The Bertz CT molecular complexity index is 516. The molecule has 0 radical (unpaired) electrons. The van der Waals surface area contributed by atoms with Crippen molar-refractivity contribution in [2.45, 2.75) is 25.6 Å². The van der Waals surface area contributed by atoms with Gasteiger partial charge in [0.15, 0.2) is 0 Å². The van der Waals surface area contributed by atoms with Gasteiger partial charge in [0, 0.05) is 5.56 Å². The lowest BCUT2D eigenvalue weighted by Crippen LogP contribution is -2.24. The molecule has 0 saturated heterocycles. The molecule has 7 heteroatoms. The van der Waals surface area contributed by atoms with E-state index in [0.29, 0.717) is 0 Å². The third kappa shape index (κ3) is 4.24. The Morgan fingerprint density at radius 1 is 1.33 bits per heavy atom. The summed E-state index contributed by atoms with van der Waals surface area (Å²) in [4.78, 5) is 22.6. The minimum atomic E-state index is -1.67. The van der Waals surface area contributed by atoms with Gasteiger partial charge in [-0.25, -0.2) is 9.18 Å². The molecule has 0 aliphatic carbocycles. The molecule has 0 bridgehead atoms. The zero-order chi connectivity index (χ0) is 16.0. The van der Waals surface area contributed by atoms with E-state index < -0.39 is 36.4 Å². The molecule has 2 unspecified atom stereocenters. The van der Waals surface area contributed by atoms with E-state index in [1.807, 2.05) is 0 Å². The van der Waals surface area contributed by atoms with Crippen molar-refractivity contribution in [2.75, 3.05) is 13.7 Å². The Morgan fingerprint density at radius 3 is 2.57 bits per heavy atom. The van der Waals surface area contributed by atoms with E-state index in [4.69, 9.17) is 0 Å². The lowest BCUT2D eigenvalue weighted by molar-refractivity contribution is -0.147. The van der Waals surface area contributed by atoms with Gasteiger partial charge in [-0.05, 0) is 13.0 Å². The number of methoxy groups -OCH3 is 1. The molecule has 0 aliphatic rings. The van der Waals surface area contributed by atoms with Crippen LogP contribution in [-0.4, -0.2) is 42.0 Å². The lowest BCUT2D eigenvalue weighted by Gasteiger charge is -2.18. The number of carbonyl (C=O) groups excluding carboxylic acids is 2. The van der Waals surface area contributed by atoms with Gasteiger partial charge in [0.1, 0.15) is 11.9 Å². The highest BCUT2D eigenvalue weighted by Crippen LogP contribution is 2.24. The zero-order valence-corrected chi connectivity index (χ0v) is 11.7. The molecule has 0 aromatic heterocycles. The van der Waals surface area contributed by atoms with Crippen LogP contribution in [0.1, 0.15) is 35.4 Å². The number of rotatable bonds is 6. The standard InChI is InChI=1S/C14H17FO6/c1-3-21-11(17)7-10(16)13(18)8-5-4-6-9(12(8)15)14(19)20-2/h4-6,10,13,16,18H,3,7H2,1-2H3. The van der Waals surface area contributed by atoms with Crippen molar-refractivity contribution in [1.82, 2.24) is 0 Å². The predicted octanol–water partition coefficient (Wildman–Crippen LogP) is 0.960. The number of esters is 2. The summed E-state index contributed by atoms with van der Waals surface area (Å²) in [6.45, 7) is 1.73. The molecule has 0 saturated carbocycles. The second kappa shape index (κ2) is 7.70. The van der Waals surface area contributed by atoms with Gasteiger partial charge in [-0.15, -0.1) is 0 Å². The van der Waals surface area contributed by atoms with Crippen LogP contribution in [0.3, 0.4) is 0 Å². The quantitative estimate of drug-likeness (QED) is 0.760. The molecule has 0 heterocycles. The maximum atomic E-state index is 14.1. The molecular formula is C14H17FO6. The second-order valence-electron chi connectivity index (χ2n) is 4.22. The third-order valence-corrected chi connectivity index (χ3v) is 2.80. The summed E-state index contributed by atoms with van der Waals surface area (Å²) in [5.74, 6) is -2.62. The van der Waals surface area contributed by atoms with E-state index in [0.717, 1.165) is 7.11 Å². The topological polar surface area (TPSA) is 93.1 Å². The molecular weight excluding hydrogens is 283 g/mol. The van der Waals surface area contributed by atoms with E-state index in [9.17, 15) is 24.2 Å². The Kier molecular flexibility index (Phi) is 6.26. The number of aliphatic hydroxyl groups excluding tert-OH is 2. The van der Waals surface area contributed by atoms with Gasteiger partial charge in [-0.1, -0.05) is 12.1 Å².